The zero-order valence-electron chi connectivity index (χ0n) is 11.7. The summed E-state index contributed by atoms with van der Waals surface area (Å²) in [6.45, 7) is 1.12. The van der Waals surface area contributed by atoms with Crippen LogP contribution in [0, 0.1) is 5.92 Å². The van der Waals surface area contributed by atoms with Crippen LogP contribution in [-0.2, 0) is 20.9 Å². The SMILES string of the molecule is COC(=O)C(NC(=O)OCc1ccccc1)C(C)C(F)F. The van der Waals surface area contributed by atoms with Gasteiger partial charge in [-0.2, -0.15) is 0 Å². The van der Waals surface area contributed by atoms with Gasteiger partial charge in [0.15, 0.2) is 0 Å². The summed E-state index contributed by atoms with van der Waals surface area (Å²) in [4.78, 5) is 23.0. The van der Waals surface area contributed by atoms with Gasteiger partial charge >= 0.3 is 12.1 Å². The molecule has 0 aliphatic heterocycles. The minimum Gasteiger partial charge on any atom is -0.467 e. The number of methoxy groups -OCH3 is 1. The molecule has 2 unspecified atom stereocenters. The van der Waals surface area contributed by atoms with Gasteiger partial charge in [-0.15, -0.1) is 0 Å². The standard InChI is InChI=1S/C14H17F2NO4/c1-9(12(15)16)11(13(18)20-2)17-14(19)21-8-10-6-4-3-5-7-10/h3-7,9,11-12H,8H2,1-2H3,(H,17,19). The fourth-order valence-electron chi connectivity index (χ4n) is 1.57. The van der Waals surface area contributed by atoms with E-state index in [0.717, 1.165) is 19.6 Å². The summed E-state index contributed by atoms with van der Waals surface area (Å²) >= 11 is 0. The van der Waals surface area contributed by atoms with Gasteiger partial charge in [-0.05, 0) is 5.56 Å². The van der Waals surface area contributed by atoms with Crippen LogP contribution in [0.2, 0.25) is 0 Å². The molecule has 0 radical (unpaired) electrons. The van der Waals surface area contributed by atoms with Crippen molar-refractivity contribution < 1.29 is 27.8 Å². The largest absolute Gasteiger partial charge is 0.467 e. The molecule has 21 heavy (non-hydrogen) atoms. The first-order valence-corrected chi connectivity index (χ1v) is 6.29. The lowest BCUT2D eigenvalue weighted by molar-refractivity contribution is -0.146. The molecule has 5 nitrogen and oxygen atoms in total. The Hall–Kier alpha value is -2.18. The maximum Gasteiger partial charge on any atom is 0.408 e. The maximum atomic E-state index is 12.7. The lowest BCUT2D eigenvalue weighted by atomic mass is 10.0. The van der Waals surface area contributed by atoms with Gasteiger partial charge in [0.2, 0.25) is 6.43 Å². The number of alkyl carbamates (subject to hydrolysis) is 1. The second-order valence-corrected chi connectivity index (χ2v) is 4.40. The summed E-state index contributed by atoms with van der Waals surface area (Å²) in [7, 11) is 1.06. The second kappa shape index (κ2) is 8.18. The van der Waals surface area contributed by atoms with Gasteiger partial charge in [-0.3, -0.25) is 0 Å². The summed E-state index contributed by atoms with van der Waals surface area (Å²) in [6.07, 6.45) is -3.73. The highest BCUT2D eigenvalue weighted by Crippen LogP contribution is 2.15. The number of halogens is 2. The number of amides is 1. The molecule has 116 valence electrons. The van der Waals surface area contributed by atoms with E-state index < -0.39 is 30.4 Å². The summed E-state index contributed by atoms with van der Waals surface area (Å²) in [6, 6.07) is 7.37. The summed E-state index contributed by atoms with van der Waals surface area (Å²) < 4.78 is 34.6. The fourth-order valence-corrected chi connectivity index (χ4v) is 1.57. The molecule has 0 heterocycles. The maximum absolute atomic E-state index is 12.7. The number of alkyl halides is 2. The molecule has 0 aromatic heterocycles. The first-order chi connectivity index (χ1) is 9.95. The highest BCUT2D eigenvalue weighted by Gasteiger charge is 2.33. The molecule has 1 N–H and O–H groups in total. The Labute approximate surface area is 121 Å². The molecule has 0 saturated heterocycles. The predicted molar refractivity (Wildman–Crippen MR) is 70.7 cm³/mol. The molecular formula is C14H17F2NO4. The highest BCUT2D eigenvalue weighted by atomic mass is 19.3. The van der Waals surface area contributed by atoms with Crippen LogP contribution in [-0.4, -0.2) is 31.6 Å². The molecule has 0 fully saturated rings. The molecule has 0 saturated carbocycles. The van der Waals surface area contributed by atoms with Gasteiger partial charge in [-0.1, -0.05) is 37.3 Å². The van der Waals surface area contributed by atoms with Crippen molar-refractivity contribution in [2.75, 3.05) is 7.11 Å². The average Bonchev–Trinajstić information content (AvgIpc) is 2.50. The molecule has 1 aromatic carbocycles. The smallest absolute Gasteiger partial charge is 0.408 e. The van der Waals surface area contributed by atoms with E-state index in [4.69, 9.17) is 4.74 Å². The molecule has 0 aliphatic carbocycles. The third-order valence-electron chi connectivity index (χ3n) is 2.86. The van der Waals surface area contributed by atoms with E-state index in [1.165, 1.54) is 0 Å². The quantitative estimate of drug-likeness (QED) is 0.819. The van der Waals surface area contributed by atoms with Crippen molar-refractivity contribution in [2.45, 2.75) is 26.0 Å². The lowest BCUT2D eigenvalue weighted by Gasteiger charge is -2.21. The number of carbonyl (C=O) groups excluding carboxylic acids is 2. The average molecular weight is 301 g/mol. The minimum atomic E-state index is -2.77. The Kier molecular flexibility index (Phi) is 6.58. The number of hydrogen-bond acceptors (Lipinski definition) is 4. The molecule has 2 atom stereocenters. The van der Waals surface area contributed by atoms with Crippen LogP contribution in [0.25, 0.3) is 0 Å². The molecule has 0 aliphatic rings. The predicted octanol–water partition coefficient (Wildman–Crippen LogP) is 2.36. The van der Waals surface area contributed by atoms with Gasteiger partial charge < -0.3 is 14.8 Å². The number of rotatable bonds is 6. The Balaban J connectivity index is 2.58. The van der Waals surface area contributed by atoms with Gasteiger partial charge in [0.25, 0.3) is 0 Å². The first-order valence-electron chi connectivity index (χ1n) is 6.29. The normalized spacial score (nSPS) is 13.4. The first kappa shape index (κ1) is 16.9. The van der Waals surface area contributed by atoms with E-state index in [2.05, 4.69) is 10.1 Å². The van der Waals surface area contributed by atoms with E-state index in [-0.39, 0.29) is 6.61 Å². The van der Waals surface area contributed by atoms with Crippen molar-refractivity contribution in [2.24, 2.45) is 5.92 Å². The molecular weight excluding hydrogens is 284 g/mol. The van der Waals surface area contributed by atoms with Gasteiger partial charge in [0.05, 0.1) is 7.11 Å². The highest BCUT2D eigenvalue weighted by molar-refractivity contribution is 5.81. The number of carbonyl (C=O) groups is 2. The van der Waals surface area contributed by atoms with Crippen molar-refractivity contribution in [3.8, 4) is 0 Å². The van der Waals surface area contributed by atoms with Gasteiger partial charge in [-0.25, -0.2) is 18.4 Å². The Bertz CT molecular complexity index is 467. The third-order valence-corrected chi connectivity index (χ3v) is 2.86. The van der Waals surface area contributed by atoms with Crippen LogP contribution < -0.4 is 5.32 Å². The molecule has 1 aromatic rings. The summed E-state index contributed by atoms with van der Waals surface area (Å²) in [5.74, 6) is -2.33. The van der Waals surface area contributed by atoms with Crippen LogP contribution in [0.3, 0.4) is 0 Å². The number of esters is 1. The number of benzene rings is 1. The second-order valence-electron chi connectivity index (χ2n) is 4.40. The topological polar surface area (TPSA) is 64.6 Å². The van der Waals surface area contributed by atoms with Crippen molar-refractivity contribution in [1.82, 2.24) is 5.32 Å². The van der Waals surface area contributed by atoms with Gasteiger partial charge in [0, 0.05) is 5.92 Å². The minimum absolute atomic E-state index is 0.0242. The number of ether oxygens (including phenoxy) is 2. The zero-order valence-corrected chi connectivity index (χ0v) is 11.7. The van der Waals surface area contributed by atoms with Crippen LogP contribution in [0.15, 0.2) is 30.3 Å². The Morgan fingerprint density at radius 2 is 1.86 bits per heavy atom. The Morgan fingerprint density at radius 1 is 1.24 bits per heavy atom. The van der Waals surface area contributed by atoms with Crippen molar-refractivity contribution in [3.05, 3.63) is 35.9 Å². The van der Waals surface area contributed by atoms with Crippen LogP contribution in [0.1, 0.15) is 12.5 Å². The van der Waals surface area contributed by atoms with Crippen LogP contribution in [0.5, 0.6) is 0 Å². The summed E-state index contributed by atoms with van der Waals surface area (Å²) in [5, 5.41) is 2.10. The summed E-state index contributed by atoms with van der Waals surface area (Å²) in [5.41, 5.74) is 0.740. The van der Waals surface area contributed by atoms with Crippen molar-refractivity contribution in [3.63, 3.8) is 0 Å². The van der Waals surface area contributed by atoms with Gasteiger partial charge in [0.1, 0.15) is 12.6 Å². The van der Waals surface area contributed by atoms with E-state index >= 15 is 0 Å². The lowest BCUT2D eigenvalue weighted by Crippen LogP contribution is -2.48. The number of hydrogen-bond donors (Lipinski definition) is 1. The molecule has 1 rings (SSSR count). The van der Waals surface area contributed by atoms with E-state index in [1.54, 1.807) is 30.3 Å². The fraction of sp³-hybridized carbons (Fsp3) is 0.429. The number of nitrogens with one attached hydrogen (secondary N) is 1. The monoisotopic (exact) mass is 301 g/mol. The van der Waals surface area contributed by atoms with E-state index in [9.17, 15) is 18.4 Å². The van der Waals surface area contributed by atoms with Crippen LogP contribution in [0.4, 0.5) is 13.6 Å². The molecule has 1 amide bonds. The Morgan fingerprint density at radius 3 is 2.38 bits per heavy atom. The molecule has 0 spiro atoms. The molecule has 0 bridgehead atoms. The molecule has 7 heteroatoms. The zero-order chi connectivity index (χ0) is 15.8. The van der Waals surface area contributed by atoms with E-state index in [1.807, 2.05) is 0 Å². The van der Waals surface area contributed by atoms with Crippen molar-refractivity contribution >= 4 is 12.1 Å². The van der Waals surface area contributed by atoms with Crippen LogP contribution >= 0.6 is 0 Å². The van der Waals surface area contributed by atoms with Crippen molar-refractivity contribution in [1.29, 1.82) is 0 Å². The van der Waals surface area contributed by atoms with E-state index in [0.29, 0.717) is 0 Å². The third kappa shape index (κ3) is 5.37.